The highest BCUT2D eigenvalue weighted by Gasteiger charge is 2.28. The molecule has 8 heteroatoms. The number of ether oxygens (including phenoxy) is 2. The number of hydrogen-bond acceptors (Lipinski definition) is 4. The van der Waals surface area contributed by atoms with Gasteiger partial charge in [0, 0.05) is 11.4 Å². The second kappa shape index (κ2) is 9.92. The summed E-state index contributed by atoms with van der Waals surface area (Å²) < 4.78 is 53.0. The quantitative estimate of drug-likeness (QED) is 0.353. The number of aryl methyl sites for hydroxylation is 1. The zero-order valence-corrected chi connectivity index (χ0v) is 17.8. The van der Waals surface area contributed by atoms with Crippen molar-refractivity contribution in [3.63, 3.8) is 0 Å². The van der Waals surface area contributed by atoms with E-state index in [1.165, 1.54) is 12.1 Å². The minimum absolute atomic E-state index is 0.117. The van der Waals surface area contributed by atoms with E-state index in [0.29, 0.717) is 34.5 Å². The molecule has 164 valence electrons. The lowest BCUT2D eigenvalue weighted by Gasteiger charge is -2.08. The molecule has 0 radical (unpaired) electrons. The molecule has 0 unspecified atom stereocenters. The topological polar surface area (TPSA) is 44.5 Å². The number of rotatable bonds is 8. The van der Waals surface area contributed by atoms with E-state index in [1.54, 1.807) is 19.1 Å². The van der Waals surface area contributed by atoms with Crippen LogP contribution < -0.4 is 9.47 Å². The second-order valence-corrected chi connectivity index (χ2v) is 7.12. The summed E-state index contributed by atoms with van der Waals surface area (Å²) in [5, 5.41) is 0. The van der Waals surface area contributed by atoms with Crippen molar-refractivity contribution in [2.24, 2.45) is 0 Å². The molecule has 3 aromatic rings. The van der Waals surface area contributed by atoms with Crippen LogP contribution in [0.2, 0.25) is 0 Å². The fraction of sp³-hybridized carbons (Fsp3) is 0.261. The van der Waals surface area contributed by atoms with Gasteiger partial charge >= 0.3 is 6.18 Å². The summed E-state index contributed by atoms with van der Waals surface area (Å²) in [7, 11) is 0. The lowest BCUT2D eigenvalue weighted by Crippen LogP contribution is -2.19. The van der Waals surface area contributed by atoms with Crippen molar-refractivity contribution < 1.29 is 27.1 Å². The van der Waals surface area contributed by atoms with E-state index >= 15 is 0 Å². The maximum Gasteiger partial charge on any atom is 0.422 e. The molecule has 0 saturated carbocycles. The first-order valence-corrected chi connectivity index (χ1v) is 10.0. The van der Waals surface area contributed by atoms with Gasteiger partial charge in [0.25, 0.3) is 0 Å². The number of aromatic nitrogens is 1. The number of hydrogen-bond donors (Lipinski definition) is 0. The van der Waals surface area contributed by atoms with Crippen LogP contribution in [0.3, 0.4) is 0 Å². The van der Waals surface area contributed by atoms with E-state index in [2.05, 4.69) is 4.98 Å². The second-order valence-electron chi connectivity index (χ2n) is 6.81. The predicted octanol–water partition coefficient (Wildman–Crippen LogP) is 6.81. The van der Waals surface area contributed by atoms with Gasteiger partial charge < -0.3 is 13.9 Å². The largest absolute Gasteiger partial charge is 0.487 e. The fourth-order valence-corrected chi connectivity index (χ4v) is 2.99. The van der Waals surface area contributed by atoms with Crippen LogP contribution in [0.5, 0.6) is 11.5 Å². The van der Waals surface area contributed by atoms with Gasteiger partial charge in [0.2, 0.25) is 5.89 Å². The smallest absolute Gasteiger partial charge is 0.422 e. The number of benzene rings is 2. The van der Waals surface area contributed by atoms with Crippen molar-refractivity contribution in [1.82, 2.24) is 4.98 Å². The van der Waals surface area contributed by atoms with Gasteiger partial charge in [0.1, 0.15) is 29.6 Å². The van der Waals surface area contributed by atoms with Gasteiger partial charge in [-0.3, -0.25) is 0 Å². The Morgan fingerprint density at radius 2 is 1.84 bits per heavy atom. The third-order valence-electron chi connectivity index (χ3n) is 4.44. The Balaban J connectivity index is 1.66. The molecule has 0 amide bonds. The van der Waals surface area contributed by atoms with E-state index in [0.717, 1.165) is 11.1 Å². The lowest BCUT2D eigenvalue weighted by molar-refractivity contribution is -0.153. The van der Waals surface area contributed by atoms with Crippen LogP contribution in [-0.2, 0) is 6.61 Å². The standard InChI is InChI=1S/C23H21ClF3NO3/c1-15(10-11-24)18-4-3-5-20(12-18)29-13-21-16(2)31-22(28-21)17-6-8-19(9-7-17)30-14-23(25,26)27/h3-10,12H,11,13-14H2,1-2H3/b15-10+. The van der Waals surface area contributed by atoms with Gasteiger partial charge in [-0.05, 0) is 61.4 Å². The van der Waals surface area contributed by atoms with Crippen LogP contribution in [0.4, 0.5) is 13.2 Å². The number of allylic oxidation sites excluding steroid dienone is 2. The van der Waals surface area contributed by atoms with Gasteiger partial charge in [0.05, 0.1) is 0 Å². The summed E-state index contributed by atoms with van der Waals surface area (Å²) in [6.45, 7) is 2.63. The number of nitrogens with zero attached hydrogens (tertiary/aromatic N) is 1. The molecule has 2 aromatic carbocycles. The van der Waals surface area contributed by atoms with E-state index < -0.39 is 12.8 Å². The molecule has 0 fully saturated rings. The predicted molar refractivity (Wildman–Crippen MR) is 113 cm³/mol. The minimum atomic E-state index is -4.38. The fourth-order valence-electron chi connectivity index (χ4n) is 2.76. The van der Waals surface area contributed by atoms with E-state index in [9.17, 15) is 13.2 Å². The zero-order chi connectivity index (χ0) is 22.4. The maximum atomic E-state index is 12.3. The van der Waals surface area contributed by atoms with Gasteiger partial charge in [0.15, 0.2) is 6.61 Å². The van der Waals surface area contributed by atoms with Crippen molar-refractivity contribution in [2.75, 3.05) is 12.5 Å². The number of halogens is 4. The molecular formula is C23H21ClF3NO3. The Hall–Kier alpha value is -2.93. The Bertz CT molecular complexity index is 1040. The highest BCUT2D eigenvalue weighted by Crippen LogP contribution is 2.26. The van der Waals surface area contributed by atoms with Gasteiger partial charge in [-0.25, -0.2) is 4.98 Å². The van der Waals surface area contributed by atoms with Crippen LogP contribution in [0, 0.1) is 6.92 Å². The van der Waals surface area contributed by atoms with Crippen LogP contribution >= 0.6 is 11.6 Å². The van der Waals surface area contributed by atoms with Crippen LogP contribution in [-0.4, -0.2) is 23.6 Å². The molecule has 0 saturated heterocycles. The van der Waals surface area contributed by atoms with E-state index in [4.69, 9.17) is 25.5 Å². The number of alkyl halides is 4. The molecule has 0 aliphatic rings. The molecule has 0 atom stereocenters. The van der Waals surface area contributed by atoms with Crippen LogP contribution in [0.1, 0.15) is 23.9 Å². The summed E-state index contributed by atoms with van der Waals surface area (Å²) in [4.78, 5) is 4.46. The van der Waals surface area contributed by atoms with Gasteiger partial charge in [-0.1, -0.05) is 18.2 Å². The Kier molecular flexibility index (Phi) is 7.28. The molecule has 0 N–H and O–H groups in total. The van der Waals surface area contributed by atoms with E-state index in [1.807, 2.05) is 37.3 Å². The molecular weight excluding hydrogens is 431 g/mol. The van der Waals surface area contributed by atoms with E-state index in [-0.39, 0.29) is 12.4 Å². The maximum absolute atomic E-state index is 12.3. The van der Waals surface area contributed by atoms with Crippen molar-refractivity contribution in [1.29, 1.82) is 0 Å². The molecule has 1 heterocycles. The Morgan fingerprint density at radius 3 is 2.52 bits per heavy atom. The third-order valence-corrected chi connectivity index (χ3v) is 4.60. The van der Waals surface area contributed by atoms with Gasteiger partial charge in [-0.15, -0.1) is 11.6 Å². The molecule has 0 aliphatic carbocycles. The third kappa shape index (κ3) is 6.52. The molecule has 4 nitrogen and oxygen atoms in total. The van der Waals surface area contributed by atoms with Crippen molar-refractivity contribution >= 4 is 17.2 Å². The highest BCUT2D eigenvalue weighted by atomic mass is 35.5. The lowest BCUT2D eigenvalue weighted by atomic mass is 10.1. The Morgan fingerprint density at radius 1 is 1.10 bits per heavy atom. The molecule has 0 spiro atoms. The molecule has 0 aliphatic heterocycles. The minimum Gasteiger partial charge on any atom is -0.487 e. The number of oxazole rings is 1. The van der Waals surface area contributed by atoms with Gasteiger partial charge in [-0.2, -0.15) is 13.2 Å². The average Bonchev–Trinajstić information content (AvgIpc) is 3.11. The summed E-state index contributed by atoms with van der Waals surface area (Å²) in [5.74, 6) is 2.20. The van der Waals surface area contributed by atoms with Crippen LogP contribution in [0.25, 0.3) is 17.0 Å². The normalized spacial score (nSPS) is 12.1. The molecule has 1 aromatic heterocycles. The summed E-state index contributed by atoms with van der Waals surface area (Å²) in [5.41, 5.74) is 3.33. The van der Waals surface area contributed by atoms with Crippen LogP contribution in [0.15, 0.2) is 59.0 Å². The van der Waals surface area contributed by atoms with Crippen molar-refractivity contribution in [2.45, 2.75) is 26.6 Å². The SMILES string of the molecule is C/C(=C\CCl)c1cccc(OCc2nc(-c3ccc(OCC(F)(F)F)cc3)oc2C)c1. The first-order valence-electron chi connectivity index (χ1n) is 9.47. The first-order chi connectivity index (χ1) is 14.7. The molecule has 31 heavy (non-hydrogen) atoms. The summed E-state index contributed by atoms with van der Waals surface area (Å²) >= 11 is 5.76. The average molecular weight is 452 g/mol. The summed E-state index contributed by atoms with van der Waals surface area (Å²) in [6, 6.07) is 13.7. The Labute approximate surface area is 183 Å². The summed E-state index contributed by atoms with van der Waals surface area (Å²) in [6.07, 6.45) is -2.46. The first kappa shape index (κ1) is 22.7. The molecule has 3 rings (SSSR count). The molecule has 0 bridgehead atoms. The van der Waals surface area contributed by atoms with Crippen molar-refractivity contribution in [3.05, 3.63) is 71.6 Å². The zero-order valence-electron chi connectivity index (χ0n) is 17.0. The van der Waals surface area contributed by atoms with Crippen molar-refractivity contribution in [3.8, 4) is 23.0 Å². The monoisotopic (exact) mass is 451 g/mol. The highest BCUT2D eigenvalue weighted by molar-refractivity contribution is 6.19.